The summed E-state index contributed by atoms with van der Waals surface area (Å²) < 4.78 is 18.2. The molecule has 0 aliphatic rings. The Labute approximate surface area is 126 Å². The Balaban J connectivity index is 2.29. The molecule has 0 unspecified atom stereocenters. The topological polar surface area (TPSA) is 26.3 Å². The molecule has 0 aliphatic carbocycles. The number of hydrogen-bond donors (Lipinski definition) is 0. The smallest absolute Gasteiger partial charge is 0.167 e. The largest absolute Gasteiger partial charge is 0.494 e. The molecule has 0 aromatic heterocycles. The van der Waals surface area contributed by atoms with Crippen LogP contribution < -0.4 is 4.74 Å². The van der Waals surface area contributed by atoms with Gasteiger partial charge in [-0.05, 0) is 35.9 Å². The van der Waals surface area contributed by atoms with Gasteiger partial charge in [0.25, 0.3) is 0 Å². The van der Waals surface area contributed by atoms with Crippen LogP contribution in [0.4, 0.5) is 4.39 Å². The van der Waals surface area contributed by atoms with Gasteiger partial charge in [-0.1, -0.05) is 29.3 Å². The number of carbonyl (C=O) groups excluding carboxylic acids is 1. The van der Waals surface area contributed by atoms with Crippen molar-refractivity contribution in [3.05, 3.63) is 63.4 Å². The van der Waals surface area contributed by atoms with Gasteiger partial charge < -0.3 is 4.74 Å². The highest BCUT2D eigenvalue weighted by atomic mass is 35.5. The molecule has 2 aromatic carbocycles. The number of carbonyl (C=O) groups is 1. The zero-order valence-electron chi connectivity index (χ0n) is 10.6. The second-order valence-electron chi connectivity index (χ2n) is 4.15. The predicted molar refractivity (Wildman–Crippen MR) is 77.4 cm³/mol. The molecule has 0 saturated carbocycles. The van der Waals surface area contributed by atoms with Crippen LogP contribution in [-0.2, 0) is 6.42 Å². The summed E-state index contributed by atoms with van der Waals surface area (Å²) in [4.78, 5) is 12.2. The molecule has 2 nitrogen and oxygen atoms in total. The van der Waals surface area contributed by atoms with Crippen LogP contribution in [0.3, 0.4) is 0 Å². The minimum absolute atomic E-state index is 0.0288. The molecule has 2 aromatic rings. The van der Waals surface area contributed by atoms with E-state index >= 15 is 0 Å². The van der Waals surface area contributed by atoms with Crippen LogP contribution in [0.15, 0.2) is 36.4 Å². The van der Waals surface area contributed by atoms with Crippen molar-refractivity contribution in [2.24, 2.45) is 0 Å². The summed E-state index contributed by atoms with van der Waals surface area (Å²) in [6, 6.07) is 9.01. The third kappa shape index (κ3) is 3.11. The summed E-state index contributed by atoms with van der Waals surface area (Å²) in [6.45, 7) is 0. The third-order valence-corrected chi connectivity index (χ3v) is 3.58. The Morgan fingerprint density at radius 3 is 2.45 bits per heavy atom. The molecule has 5 heteroatoms. The van der Waals surface area contributed by atoms with E-state index in [2.05, 4.69) is 0 Å². The van der Waals surface area contributed by atoms with Gasteiger partial charge >= 0.3 is 0 Å². The van der Waals surface area contributed by atoms with Gasteiger partial charge in [0.1, 0.15) is 0 Å². The van der Waals surface area contributed by atoms with Gasteiger partial charge in [0.05, 0.1) is 7.11 Å². The van der Waals surface area contributed by atoms with Gasteiger partial charge in [0.15, 0.2) is 17.3 Å². The number of ketones is 1. The first kappa shape index (κ1) is 14.8. The third-order valence-electron chi connectivity index (χ3n) is 2.87. The second-order valence-corrected chi connectivity index (χ2v) is 4.96. The van der Waals surface area contributed by atoms with Crippen molar-refractivity contribution < 1.29 is 13.9 Å². The van der Waals surface area contributed by atoms with Crippen LogP contribution in [-0.4, -0.2) is 12.9 Å². The van der Waals surface area contributed by atoms with E-state index in [1.807, 2.05) is 0 Å². The van der Waals surface area contributed by atoms with Gasteiger partial charge in [0, 0.05) is 22.0 Å². The Hall–Kier alpha value is -1.58. The van der Waals surface area contributed by atoms with Crippen molar-refractivity contribution in [3.63, 3.8) is 0 Å². The Morgan fingerprint density at radius 2 is 1.85 bits per heavy atom. The maximum Gasteiger partial charge on any atom is 0.167 e. The molecule has 0 spiro atoms. The minimum atomic E-state index is -0.514. The zero-order valence-corrected chi connectivity index (χ0v) is 12.1. The molecule has 0 heterocycles. The Bertz CT molecular complexity index is 636. The van der Waals surface area contributed by atoms with E-state index in [4.69, 9.17) is 27.9 Å². The van der Waals surface area contributed by atoms with E-state index < -0.39 is 5.82 Å². The van der Waals surface area contributed by atoms with Crippen molar-refractivity contribution in [2.75, 3.05) is 7.11 Å². The van der Waals surface area contributed by atoms with Crippen LogP contribution >= 0.6 is 23.2 Å². The van der Waals surface area contributed by atoms with Crippen LogP contribution in [0.1, 0.15) is 15.9 Å². The van der Waals surface area contributed by atoms with E-state index in [9.17, 15) is 9.18 Å². The first-order valence-corrected chi connectivity index (χ1v) is 6.58. The lowest BCUT2D eigenvalue weighted by molar-refractivity contribution is 0.0992. The lowest BCUT2D eigenvalue weighted by Crippen LogP contribution is -2.05. The molecule has 0 radical (unpaired) electrons. The van der Waals surface area contributed by atoms with Gasteiger partial charge in [-0.2, -0.15) is 0 Å². The predicted octanol–water partition coefficient (Wildman–Crippen LogP) is 4.57. The quantitative estimate of drug-likeness (QED) is 0.773. The number of ether oxygens (including phenoxy) is 1. The highest BCUT2D eigenvalue weighted by Crippen LogP contribution is 2.26. The Morgan fingerprint density at radius 1 is 1.20 bits per heavy atom. The lowest BCUT2D eigenvalue weighted by atomic mass is 10.0. The molecule has 0 saturated heterocycles. The zero-order chi connectivity index (χ0) is 14.7. The van der Waals surface area contributed by atoms with Crippen LogP contribution in [0.25, 0.3) is 0 Å². The standard InChI is InChI=1S/C15H11Cl2FO2/c1-20-15-7-9(5-6-13(15)18)14(19)8-10-11(16)3-2-4-12(10)17/h2-7H,8H2,1H3. The summed E-state index contributed by atoms with van der Waals surface area (Å²) in [6.07, 6.45) is 0.0489. The summed E-state index contributed by atoms with van der Waals surface area (Å²) in [5.74, 6) is -0.695. The number of halogens is 3. The van der Waals surface area contributed by atoms with Crippen molar-refractivity contribution in [3.8, 4) is 5.75 Å². The normalized spacial score (nSPS) is 10.4. The number of methoxy groups -OCH3 is 1. The molecule has 20 heavy (non-hydrogen) atoms. The Kier molecular flexibility index (Phi) is 4.63. The van der Waals surface area contributed by atoms with Gasteiger partial charge in [-0.25, -0.2) is 4.39 Å². The fraction of sp³-hybridized carbons (Fsp3) is 0.133. The van der Waals surface area contributed by atoms with E-state index in [-0.39, 0.29) is 18.0 Å². The summed E-state index contributed by atoms with van der Waals surface area (Å²) in [7, 11) is 1.34. The van der Waals surface area contributed by atoms with Gasteiger partial charge in [-0.3, -0.25) is 4.79 Å². The van der Waals surface area contributed by atoms with Gasteiger partial charge in [0.2, 0.25) is 0 Å². The van der Waals surface area contributed by atoms with Crippen molar-refractivity contribution in [1.82, 2.24) is 0 Å². The maximum atomic E-state index is 13.3. The molecular formula is C15H11Cl2FO2. The van der Waals surface area contributed by atoms with E-state index in [1.54, 1.807) is 18.2 Å². The second kappa shape index (κ2) is 6.25. The summed E-state index contributed by atoms with van der Waals surface area (Å²) in [5.41, 5.74) is 0.906. The van der Waals surface area contributed by atoms with Crippen molar-refractivity contribution in [2.45, 2.75) is 6.42 Å². The highest BCUT2D eigenvalue weighted by Gasteiger charge is 2.14. The lowest BCUT2D eigenvalue weighted by Gasteiger charge is -2.08. The minimum Gasteiger partial charge on any atom is -0.494 e. The van der Waals surface area contributed by atoms with Gasteiger partial charge in [-0.15, -0.1) is 0 Å². The van der Waals surface area contributed by atoms with E-state index in [0.717, 1.165) is 0 Å². The van der Waals surface area contributed by atoms with E-state index in [0.29, 0.717) is 21.2 Å². The van der Waals surface area contributed by atoms with Crippen LogP contribution in [0.5, 0.6) is 5.75 Å². The molecule has 0 bridgehead atoms. The van der Waals surface area contributed by atoms with Crippen molar-refractivity contribution in [1.29, 1.82) is 0 Å². The molecule has 0 amide bonds. The first-order chi connectivity index (χ1) is 9.52. The summed E-state index contributed by atoms with van der Waals surface area (Å²) in [5, 5.41) is 0.861. The molecule has 0 fully saturated rings. The number of hydrogen-bond acceptors (Lipinski definition) is 2. The fourth-order valence-corrected chi connectivity index (χ4v) is 2.33. The molecular weight excluding hydrogens is 302 g/mol. The number of Topliss-reactive ketones (excluding diaryl/α,β-unsaturated/α-hetero) is 1. The van der Waals surface area contributed by atoms with Crippen LogP contribution in [0.2, 0.25) is 10.0 Å². The average Bonchev–Trinajstić information content (AvgIpc) is 2.43. The molecule has 2 rings (SSSR count). The average molecular weight is 313 g/mol. The number of benzene rings is 2. The SMILES string of the molecule is COc1cc(C(=O)Cc2c(Cl)cccc2Cl)ccc1F. The molecule has 0 atom stereocenters. The number of rotatable bonds is 4. The summed E-state index contributed by atoms with van der Waals surface area (Å²) >= 11 is 12.0. The first-order valence-electron chi connectivity index (χ1n) is 5.82. The monoisotopic (exact) mass is 312 g/mol. The molecule has 0 N–H and O–H groups in total. The highest BCUT2D eigenvalue weighted by molar-refractivity contribution is 6.36. The van der Waals surface area contributed by atoms with Crippen LogP contribution in [0, 0.1) is 5.82 Å². The fourth-order valence-electron chi connectivity index (χ4n) is 1.80. The van der Waals surface area contributed by atoms with Crippen molar-refractivity contribution >= 4 is 29.0 Å². The maximum absolute atomic E-state index is 13.3. The van der Waals surface area contributed by atoms with E-state index in [1.165, 1.54) is 25.3 Å². The molecule has 104 valence electrons. The molecule has 0 aliphatic heterocycles.